The Bertz CT molecular complexity index is 822. The van der Waals surface area contributed by atoms with E-state index in [0.717, 1.165) is 11.4 Å². The molecule has 4 rings (SSSR count). The summed E-state index contributed by atoms with van der Waals surface area (Å²) in [6, 6.07) is 11.6. The third kappa shape index (κ3) is 3.24. The van der Waals surface area contributed by atoms with Crippen molar-refractivity contribution in [2.75, 3.05) is 10.6 Å². The van der Waals surface area contributed by atoms with Gasteiger partial charge < -0.3 is 10.6 Å². The number of nitrogens with one attached hydrogen (secondary N) is 3. The fraction of sp³-hybridized carbons (Fsp3) is 0.188. The lowest BCUT2D eigenvalue weighted by molar-refractivity contribution is 0.102. The third-order valence-electron chi connectivity index (χ3n) is 3.60. The molecule has 0 spiro atoms. The van der Waals surface area contributed by atoms with Crippen molar-refractivity contribution in [3.63, 3.8) is 0 Å². The molecule has 1 fully saturated rings. The summed E-state index contributed by atoms with van der Waals surface area (Å²) in [5.41, 5.74) is 2.34. The van der Waals surface area contributed by atoms with Crippen LogP contribution in [0.4, 0.5) is 16.6 Å². The largest absolute Gasteiger partial charge is 0.332 e. The van der Waals surface area contributed by atoms with Gasteiger partial charge in [-0.1, -0.05) is 18.2 Å². The van der Waals surface area contributed by atoms with E-state index in [-0.39, 0.29) is 5.91 Å². The molecular formula is C16H15N5OS. The number of para-hydroxylation sites is 1. The van der Waals surface area contributed by atoms with Gasteiger partial charge in [-0.3, -0.25) is 9.89 Å². The van der Waals surface area contributed by atoms with Gasteiger partial charge >= 0.3 is 0 Å². The Balaban J connectivity index is 1.42. The van der Waals surface area contributed by atoms with Crippen LogP contribution in [0.1, 0.15) is 34.9 Å². The Kier molecular flexibility index (Phi) is 3.55. The highest BCUT2D eigenvalue weighted by molar-refractivity contribution is 7.14. The number of carbonyl (C=O) groups is 1. The first kappa shape index (κ1) is 14.0. The van der Waals surface area contributed by atoms with Crippen LogP contribution in [0.5, 0.6) is 0 Å². The normalized spacial score (nSPS) is 13.7. The Labute approximate surface area is 137 Å². The van der Waals surface area contributed by atoms with Gasteiger partial charge in [0.25, 0.3) is 5.91 Å². The molecule has 116 valence electrons. The number of thiazole rings is 1. The van der Waals surface area contributed by atoms with Crippen LogP contribution in [-0.2, 0) is 0 Å². The highest BCUT2D eigenvalue weighted by Crippen LogP contribution is 2.39. The molecule has 1 saturated carbocycles. The second kappa shape index (κ2) is 5.85. The van der Waals surface area contributed by atoms with Crippen molar-refractivity contribution in [2.45, 2.75) is 18.8 Å². The molecule has 1 aliphatic carbocycles. The van der Waals surface area contributed by atoms with Crippen LogP contribution in [0, 0.1) is 0 Å². The number of hydrogen-bond donors (Lipinski definition) is 3. The van der Waals surface area contributed by atoms with Crippen LogP contribution in [0.2, 0.25) is 0 Å². The Morgan fingerprint density at radius 2 is 2.09 bits per heavy atom. The van der Waals surface area contributed by atoms with E-state index in [2.05, 4.69) is 25.8 Å². The summed E-state index contributed by atoms with van der Waals surface area (Å²) in [7, 11) is 0. The van der Waals surface area contributed by atoms with E-state index in [0.29, 0.717) is 22.6 Å². The van der Waals surface area contributed by atoms with E-state index in [1.54, 1.807) is 5.38 Å². The molecule has 1 amide bonds. The number of anilines is 3. The SMILES string of the molecule is O=C(Nc1cc(C2CC2)n[nH]1)c1csc(Nc2ccccc2)n1. The number of amides is 1. The van der Waals surface area contributed by atoms with Crippen molar-refractivity contribution in [2.24, 2.45) is 0 Å². The third-order valence-corrected chi connectivity index (χ3v) is 4.36. The smallest absolute Gasteiger partial charge is 0.276 e. The summed E-state index contributed by atoms with van der Waals surface area (Å²) in [4.78, 5) is 16.5. The first-order valence-electron chi connectivity index (χ1n) is 7.42. The Morgan fingerprint density at radius 3 is 2.87 bits per heavy atom. The van der Waals surface area contributed by atoms with Gasteiger partial charge in [0.2, 0.25) is 0 Å². The van der Waals surface area contributed by atoms with Crippen molar-refractivity contribution in [1.82, 2.24) is 15.2 Å². The maximum atomic E-state index is 12.2. The van der Waals surface area contributed by atoms with Crippen LogP contribution in [0.25, 0.3) is 0 Å². The van der Waals surface area contributed by atoms with Gasteiger partial charge in [-0.25, -0.2) is 4.98 Å². The fourth-order valence-electron chi connectivity index (χ4n) is 2.26. The second-order valence-electron chi connectivity index (χ2n) is 5.46. The minimum absolute atomic E-state index is 0.242. The monoisotopic (exact) mass is 325 g/mol. The predicted octanol–water partition coefficient (Wildman–Crippen LogP) is 3.74. The van der Waals surface area contributed by atoms with Crippen molar-refractivity contribution >= 4 is 33.9 Å². The summed E-state index contributed by atoms with van der Waals surface area (Å²) in [6.45, 7) is 0. The predicted molar refractivity (Wildman–Crippen MR) is 90.4 cm³/mol. The fourth-order valence-corrected chi connectivity index (χ4v) is 2.97. The minimum atomic E-state index is -0.242. The van der Waals surface area contributed by atoms with Crippen LogP contribution < -0.4 is 10.6 Å². The number of rotatable bonds is 5. The molecule has 0 radical (unpaired) electrons. The van der Waals surface area contributed by atoms with E-state index in [1.165, 1.54) is 24.2 Å². The summed E-state index contributed by atoms with van der Waals surface area (Å²) in [5.74, 6) is 0.925. The van der Waals surface area contributed by atoms with Gasteiger partial charge in [0.15, 0.2) is 5.13 Å². The van der Waals surface area contributed by atoms with Gasteiger partial charge in [0.1, 0.15) is 11.5 Å². The summed E-state index contributed by atoms with van der Waals surface area (Å²) < 4.78 is 0. The van der Waals surface area contributed by atoms with Crippen molar-refractivity contribution < 1.29 is 4.79 Å². The molecule has 1 aromatic carbocycles. The molecular weight excluding hydrogens is 310 g/mol. The zero-order chi connectivity index (χ0) is 15.6. The average molecular weight is 325 g/mol. The highest BCUT2D eigenvalue weighted by atomic mass is 32.1. The molecule has 7 heteroatoms. The number of H-pyrrole nitrogens is 1. The lowest BCUT2D eigenvalue weighted by Crippen LogP contribution is -2.12. The first-order valence-corrected chi connectivity index (χ1v) is 8.30. The number of carbonyl (C=O) groups excluding carboxylic acids is 1. The molecule has 0 bridgehead atoms. The molecule has 0 unspecified atom stereocenters. The molecule has 6 nitrogen and oxygen atoms in total. The van der Waals surface area contributed by atoms with Gasteiger partial charge in [-0.15, -0.1) is 11.3 Å². The van der Waals surface area contributed by atoms with E-state index in [4.69, 9.17) is 0 Å². The zero-order valence-electron chi connectivity index (χ0n) is 12.2. The maximum absolute atomic E-state index is 12.2. The molecule has 0 saturated heterocycles. The molecule has 2 heterocycles. The molecule has 23 heavy (non-hydrogen) atoms. The number of benzene rings is 1. The number of nitrogens with zero attached hydrogens (tertiary/aromatic N) is 2. The quantitative estimate of drug-likeness (QED) is 0.667. The van der Waals surface area contributed by atoms with Gasteiger partial charge in [0, 0.05) is 23.1 Å². The molecule has 0 aliphatic heterocycles. The topological polar surface area (TPSA) is 82.7 Å². The minimum Gasteiger partial charge on any atom is -0.332 e. The van der Waals surface area contributed by atoms with Gasteiger partial charge in [-0.2, -0.15) is 5.10 Å². The van der Waals surface area contributed by atoms with Crippen LogP contribution in [0.3, 0.4) is 0 Å². The standard InChI is InChI=1S/C16H15N5OS/c22-15(19-14-8-12(20-21-14)10-6-7-10)13-9-23-16(18-13)17-11-4-2-1-3-5-11/h1-5,8-10H,6-7H2,(H,17,18)(H2,19,20,21,22). The van der Waals surface area contributed by atoms with E-state index in [9.17, 15) is 4.79 Å². The van der Waals surface area contributed by atoms with Gasteiger partial charge in [-0.05, 0) is 25.0 Å². The lowest BCUT2D eigenvalue weighted by Gasteiger charge is -2.01. The molecule has 0 atom stereocenters. The molecule has 1 aliphatic rings. The average Bonchev–Trinajstić information content (AvgIpc) is 3.13. The van der Waals surface area contributed by atoms with Crippen LogP contribution in [0.15, 0.2) is 41.8 Å². The number of aromatic nitrogens is 3. The highest BCUT2D eigenvalue weighted by Gasteiger charge is 2.26. The summed E-state index contributed by atoms with van der Waals surface area (Å²) >= 11 is 1.39. The van der Waals surface area contributed by atoms with Crippen molar-refractivity contribution in [3.05, 3.63) is 53.2 Å². The number of aromatic amines is 1. The molecule has 3 N–H and O–H groups in total. The van der Waals surface area contributed by atoms with Crippen molar-refractivity contribution in [1.29, 1.82) is 0 Å². The van der Waals surface area contributed by atoms with E-state index < -0.39 is 0 Å². The second-order valence-corrected chi connectivity index (χ2v) is 6.32. The first-order chi connectivity index (χ1) is 11.3. The zero-order valence-corrected chi connectivity index (χ0v) is 13.1. The molecule has 2 aromatic heterocycles. The Morgan fingerprint density at radius 1 is 1.26 bits per heavy atom. The lowest BCUT2D eigenvalue weighted by atomic mass is 10.3. The summed E-state index contributed by atoms with van der Waals surface area (Å²) in [5, 5.41) is 15.5. The van der Waals surface area contributed by atoms with Crippen molar-refractivity contribution in [3.8, 4) is 0 Å². The van der Waals surface area contributed by atoms with E-state index >= 15 is 0 Å². The van der Waals surface area contributed by atoms with Gasteiger partial charge in [0.05, 0.1) is 5.69 Å². The number of hydrogen-bond acceptors (Lipinski definition) is 5. The van der Waals surface area contributed by atoms with E-state index in [1.807, 2.05) is 36.4 Å². The maximum Gasteiger partial charge on any atom is 0.276 e. The van der Waals surface area contributed by atoms with Crippen LogP contribution in [-0.4, -0.2) is 21.1 Å². The molecule has 3 aromatic rings. The summed E-state index contributed by atoms with van der Waals surface area (Å²) in [6.07, 6.45) is 2.36. The Hall–Kier alpha value is -2.67. The van der Waals surface area contributed by atoms with Crippen LogP contribution >= 0.6 is 11.3 Å².